The summed E-state index contributed by atoms with van der Waals surface area (Å²) in [4.78, 5) is 9.94. The first-order chi connectivity index (χ1) is 28.9. The second kappa shape index (κ2) is 13.4. The first-order valence-electron chi connectivity index (χ1n) is 20.3. The molecule has 1 aliphatic carbocycles. The van der Waals surface area contributed by atoms with Crippen molar-refractivity contribution in [2.75, 3.05) is 0 Å². The summed E-state index contributed by atoms with van der Waals surface area (Å²) in [6.45, 7) is 4.34. The Labute approximate surface area is 344 Å². The maximum atomic E-state index is 4.97. The van der Waals surface area contributed by atoms with Gasteiger partial charge in [-0.1, -0.05) is 157 Å². The Kier molecular flexibility index (Phi) is 7.92. The van der Waals surface area contributed by atoms with Crippen LogP contribution in [0.3, 0.4) is 0 Å². The molecule has 10 aromatic rings. The molecule has 4 nitrogen and oxygen atoms in total. The van der Waals surface area contributed by atoms with Gasteiger partial charge in [-0.3, -0.25) is 0 Å². The van der Waals surface area contributed by atoms with Gasteiger partial charge in [-0.25, -0.2) is 9.97 Å². The normalized spacial score (nSPS) is 12.9. The summed E-state index contributed by atoms with van der Waals surface area (Å²) in [5.41, 5.74) is 20.8. The van der Waals surface area contributed by atoms with Crippen LogP contribution in [0.4, 0.5) is 0 Å². The Morgan fingerprint density at radius 3 is 1.12 bits per heavy atom. The molecule has 0 radical (unpaired) electrons. The molecule has 0 saturated carbocycles. The zero-order valence-corrected chi connectivity index (χ0v) is 33.6. The van der Waals surface area contributed by atoms with Gasteiger partial charge in [0.1, 0.15) is 11.6 Å². The minimum absolute atomic E-state index is 0.544. The molecule has 282 valence electrons. The number of rotatable bonds is 6. The number of hydrogen-bond acceptors (Lipinski definition) is 2. The lowest BCUT2D eigenvalue weighted by molar-refractivity contribution is 0.768. The van der Waals surface area contributed by atoms with Crippen LogP contribution < -0.4 is 0 Å². The van der Waals surface area contributed by atoms with E-state index in [0.29, 0.717) is 0 Å². The molecule has 4 heteroatoms. The topological polar surface area (TPSA) is 35.6 Å². The van der Waals surface area contributed by atoms with Crippen LogP contribution in [0.5, 0.6) is 0 Å². The van der Waals surface area contributed by atoms with Crippen molar-refractivity contribution < 1.29 is 0 Å². The summed E-state index contributed by atoms with van der Waals surface area (Å²) < 4.78 is 4.36. The fourth-order valence-corrected chi connectivity index (χ4v) is 9.51. The molecule has 0 aliphatic heterocycles. The Balaban J connectivity index is 1.06. The van der Waals surface area contributed by atoms with E-state index in [9.17, 15) is 0 Å². The monoisotopic (exact) mass is 758 g/mol. The SMILES string of the molecule is Cc1ccc(C2(c3ccc(C)cc3)c3cc(-c4ccc(-c5nc6ccccc6n5C)cc4)ccc3-c3ccc(-c4ccc(-c5nc6ccccc6n5C)cc4)cc32)cc1. The second-order valence-corrected chi connectivity index (χ2v) is 16.1. The molecule has 8 aromatic carbocycles. The predicted octanol–water partition coefficient (Wildman–Crippen LogP) is 13.1. The highest BCUT2D eigenvalue weighted by atomic mass is 15.1. The van der Waals surface area contributed by atoms with Crippen LogP contribution in [-0.2, 0) is 19.5 Å². The van der Waals surface area contributed by atoms with Gasteiger partial charge in [0, 0.05) is 25.2 Å². The van der Waals surface area contributed by atoms with Gasteiger partial charge in [-0.2, -0.15) is 0 Å². The molecule has 0 amide bonds. The van der Waals surface area contributed by atoms with E-state index in [1.165, 1.54) is 66.8 Å². The standard InChI is InChI=1S/C55H42N4/c1-35-13-27-43(28-14-35)55(44-29-15-36(2)16-30-44)47-33-41(37-17-21-39(22-18-37)53-56-49-9-5-7-11-51(49)58(53)3)25-31-45(47)46-32-26-42(34-48(46)55)38-19-23-40(24-20-38)54-57-50-10-6-8-12-52(50)59(54)4/h5-34H,1-4H3. The fraction of sp³-hybridized carbons (Fsp3) is 0.0909. The number of aromatic nitrogens is 4. The molecular formula is C55H42N4. The molecule has 11 rings (SSSR count). The van der Waals surface area contributed by atoms with Gasteiger partial charge in [0.05, 0.1) is 27.5 Å². The van der Waals surface area contributed by atoms with Crippen LogP contribution in [0.15, 0.2) is 182 Å². The van der Waals surface area contributed by atoms with E-state index in [0.717, 1.165) is 44.8 Å². The Morgan fingerprint density at radius 2 is 0.729 bits per heavy atom. The zero-order valence-electron chi connectivity index (χ0n) is 33.6. The van der Waals surface area contributed by atoms with Gasteiger partial charge in [-0.15, -0.1) is 0 Å². The lowest BCUT2D eigenvalue weighted by Gasteiger charge is -2.34. The van der Waals surface area contributed by atoms with Gasteiger partial charge in [0.15, 0.2) is 0 Å². The van der Waals surface area contributed by atoms with E-state index in [4.69, 9.17) is 9.97 Å². The van der Waals surface area contributed by atoms with Gasteiger partial charge in [-0.05, 0) is 106 Å². The number of nitrogens with zero attached hydrogens (tertiary/aromatic N) is 4. The second-order valence-electron chi connectivity index (χ2n) is 16.1. The first kappa shape index (κ1) is 34.9. The molecule has 0 atom stereocenters. The van der Waals surface area contributed by atoms with E-state index < -0.39 is 5.41 Å². The summed E-state index contributed by atoms with van der Waals surface area (Å²) in [5, 5.41) is 0. The van der Waals surface area contributed by atoms with E-state index in [1.54, 1.807) is 0 Å². The quantitative estimate of drug-likeness (QED) is 0.169. The van der Waals surface area contributed by atoms with Crippen LogP contribution in [-0.4, -0.2) is 19.1 Å². The number of para-hydroxylation sites is 4. The largest absolute Gasteiger partial charge is 0.327 e. The van der Waals surface area contributed by atoms with Crippen LogP contribution >= 0.6 is 0 Å². The highest BCUT2D eigenvalue weighted by Crippen LogP contribution is 2.57. The average molecular weight is 759 g/mol. The van der Waals surface area contributed by atoms with Gasteiger partial charge in [0.2, 0.25) is 0 Å². The molecule has 0 spiro atoms. The lowest BCUT2D eigenvalue weighted by atomic mass is 9.67. The van der Waals surface area contributed by atoms with Crippen molar-refractivity contribution in [1.82, 2.24) is 19.1 Å². The Bertz CT molecular complexity index is 3000. The van der Waals surface area contributed by atoms with Crippen LogP contribution in [0.1, 0.15) is 33.4 Å². The Morgan fingerprint density at radius 1 is 0.373 bits per heavy atom. The third kappa shape index (κ3) is 5.44. The third-order valence-electron chi connectivity index (χ3n) is 12.6. The molecule has 1 aliphatic rings. The molecule has 0 unspecified atom stereocenters. The van der Waals surface area contributed by atoms with Crippen molar-refractivity contribution in [2.24, 2.45) is 14.1 Å². The van der Waals surface area contributed by atoms with Crippen molar-refractivity contribution in [1.29, 1.82) is 0 Å². The predicted molar refractivity (Wildman–Crippen MR) is 244 cm³/mol. The van der Waals surface area contributed by atoms with E-state index in [2.05, 4.69) is 207 Å². The Hall–Kier alpha value is -7.30. The van der Waals surface area contributed by atoms with Gasteiger partial charge >= 0.3 is 0 Å². The van der Waals surface area contributed by atoms with Gasteiger partial charge < -0.3 is 9.13 Å². The summed E-state index contributed by atoms with van der Waals surface area (Å²) in [6.07, 6.45) is 0. The highest BCUT2D eigenvalue weighted by molar-refractivity contribution is 5.91. The van der Waals surface area contributed by atoms with E-state index in [1.807, 2.05) is 12.1 Å². The van der Waals surface area contributed by atoms with Crippen molar-refractivity contribution in [3.8, 4) is 56.2 Å². The third-order valence-corrected chi connectivity index (χ3v) is 12.6. The fourth-order valence-electron chi connectivity index (χ4n) is 9.51. The van der Waals surface area contributed by atoms with Crippen molar-refractivity contribution in [3.63, 3.8) is 0 Å². The molecule has 0 bridgehead atoms. The summed E-state index contributed by atoms with van der Waals surface area (Å²) in [7, 11) is 4.19. The highest BCUT2D eigenvalue weighted by Gasteiger charge is 2.46. The van der Waals surface area contributed by atoms with Gasteiger partial charge in [0.25, 0.3) is 0 Å². The van der Waals surface area contributed by atoms with E-state index >= 15 is 0 Å². The van der Waals surface area contributed by atoms with Crippen LogP contribution in [0.25, 0.3) is 78.2 Å². The molecule has 0 fully saturated rings. The minimum atomic E-state index is -0.544. The lowest BCUT2D eigenvalue weighted by Crippen LogP contribution is -2.28. The molecule has 0 saturated heterocycles. The smallest absolute Gasteiger partial charge is 0.140 e. The maximum absolute atomic E-state index is 4.97. The molecule has 0 N–H and O–H groups in total. The van der Waals surface area contributed by atoms with E-state index in [-0.39, 0.29) is 0 Å². The van der Waals surface area contributed by atoms with Crippen molar-refractivity contribution in [3.05, 3.63) is 215 Å². The summed E-state index contributed by atoms with van der Waals surface area (Å²) in [6, 6.07) is 67.0. The van der Waals surface area contributed by atoms with Crippen molar-refractivity contribution >= 4 is 22.1 Å². The van der Waals surface area contributed by atoms with Crippen LogP contribution in [0.2, 0.25) is 0 Å². The first-order valence-corrected chi connectivity index (χ1v) is 20.3. The summed E-state index contributed by atoms with van der Waals surface area (Å²) in [5.74, 6) is 1.94. The molecule has 2 heterocycles. The summed E-state index contributed by atoms with van der Waals surface area (Å²) >= 11 is 0. The number of hydrogen-bond donors (Lipinski definition) is 0. The number of aryl methyl sites for hydroxylation is 4. The van der Waals surface area contributed by atoms with Crippen molar-refractivity contribution in [2.45, 2.75) is 19.3 Å². The molecule has 59 heavy (non-hydrogen) atoms. The number of imidazole rings is 2. The molecular weight excluding hydrogens is 717 g/mol. The van der Waals surface area contributed by atoms with Crippen LogP contribution in [0, 0.1) is 13.8 Å². The number of fused-ring (bicyclic) bond motifs is 5. The molecule has 2 aromatic heterocycles. The maximum Gasteiger partial charge on any atom is 0.140 e. The number of benzene rings is 8. The average Bonchev–Trinajstić information content (AvgIpc) is 3.91. The zero-order chi connectivity index (χ0) is 39.8. The minimum Gasteiger partial charge on any atom is -0.327 e.